The summed E-state index contributed by atoms with van der Waals surface area (Å²) in [6.07, 6.45) is 2.00. The Morgan fingerprint density at radius 3 is 2.60 bits per heavy atom. The molecule has 1 amide bonds. The van der Waals surface area contributed by atoms with Gasteiger partial charge in [-0.2, -0.15) is 0 Å². The van der Waals surface area contributed by atoms with Crippen LogP contribution in [0.15, 0.2) is 41.5 Å². The summed E-state index contributed by atoms with van der Waals surface area (Å²) in [4.78, 5) is 20.8. The molecule has 8 nitrogen and oxygen atoms in total. The van der Waals surface area contributed by atoms with Gasteiger partial charge in [0.25, 0.3) is 5.91 Å². The van der Waals surface area contributed by atoms with Gasteiger partial charge in [0, 0.05) is 24.5 Å². The fraction of sp³-hybridized carbons (Fsp3) is 0.316. The van der Waals surface area contributed by atoms with Crippen LogP contribution in [0.5, 0.6) is 0 Å². The van der Waals surface area contributed by atoms with Crippen molar-refractivity contribution in [1.82, 2.24) is 9.29 Å². The van der Waals surface area contributed by atoms with Crippen molar-refractivity contribution in [2.45, 2.75) is 30.1 Å². The minimum Gasteiger partial charge on any atom is -0.369 e. The van der Waals surface area contributed by atoms with Crippen molar-refractivity contribution in [3.8, 4) is 0 Å². The summed E-state index contributed by atoms with van der Waals surface area (Å²) < 4.78 is 40.6. The Morgan fingerprint density at radius 2 is 2.00 bits per heavy atom. The molecule has 0 bridgehead atoms. The SMILES string of the molecule is CN1C(N)=NC(C)(c2cc(NC(=O)c3ccc(Cl)cn3)ccc2F)C2(CC2)S1(=O)=O. The molecule has 0 radical (unpaired) electrons. The molecule has 1 saturated carbocycles. The van der Waals surface area contributed by atoms with Crippen molar-refractivity contribution in [2.24, 2.45) is 10.7 Å². The van der Waals surface area contributed by atoms with E-state index in [-0.39, 0.29) is 22.9 Å². The van der Waals surface area contributed by atoms with E-state index in [2.05, 4.69) is 15.3 Å². The molecule has 4 rings (SSSR count). The van der Waals surface area contributed by atoms with Gasteiger partial charge >= 0.3 is 0 Å². The highest BCUT2D eigenvalue weighted by Crippen LogP contribution is 2.60. The number of rotatable bonds is 3. The van der Waals surface area contributed by atoms with Crippen molar-refractivity contribution in [1.29, 1.82) is 0 Å². The van der Waals surface area contributed by atoms with E-state index in [4.69, 9.17) is 17.3 Å². The number of benzene rings is 1. The standard InChI is InChI=1S/C19H19ClFN5O3S/c1-18(19(7-8-19)30(28,29)26(2)17(22)25-18)13-9-12(4-5-14(13)21)24-16(27)15-6-3-11(20)10-23-15/h3-6,9-10H,7-8H2,1-2H3,(H2,22,25)(H,24,27). The Hall–Kier alpha value is -2.72. The monoisotopic (exact) mass is 451 g/mol. The number of guanidine groups is 1. The maximum atomic E-state index is 14.9. The Bertz CT molecular complexity index is 1180. The molecule has 0 saturated heterocycles. The lowest BCUT2D eigenvalue weighted by molar-refractivity contribution is 0.102. The van der Waals surface area contributed by atoms with E-state index in [1.807, 2.05) is 0 Å². The van der Waals surface area contributed by atoms with Crippen LogP contribution in [0.4, 0.5) is 10.1 Å². The van der Waals surface area contributed by atoms with Crippen molar-refractivity contribution in [3.63, 3.8) is 0 Å². The van der Waals surface area contributed by atoms with E-state index in [0.29, 0.717) is 17.9 Å². The number of carbonyl (C=O) groups excluding carboxylic acids is 1. The lowest BCUT2D eigenvalue weighted by atomic mass is 9.86. The van der Waals surface area contributed by atoms with Gasteiger partial charge in [-0.1, -0.05) is 11.6 Å². The lowest BCUT2D eigenvalue weighted by Gasteiger charge is -2.42. The number of pyridine rings is 1. The van der Waals surface area contributed by atoms with Crippen LogP contribution in [-0.4, -0.2) is 41.4 Å². The normalized spacial score (nSPS) is 23.7. The molecule has 1 fully saturated rings. The Labute approximate surface area is 178 Å². The van der Waals surface area contributed by atoms with Crippen molar-refractivity contribution in [3.05, 3.63) is 58.6 Å². The van der Waals surface area contributed by atoms with Crippen LogP contribution in [0.3, 0.4) is 0 Å². The number of nitrogens with one attached hydrogen (secondary N) is 1. The highest BCUT2D eigenvalue weighted by Gasteiger charge is 2.70. The molecule has 1 aromatic heterocycles. The Kier molecular flexibility index (Phi) is 4.55. The van der Waals surface area contributed by atoms with Gasteiger partial charge in [0.2, 0.25) is 16.0 Å². The quantitative estimate of drug-likeness (QED) is 0.743. The topological polar surface area (TPSA) is 118 Å². The second kappa shape index (κ2) is 6.64. The summed E-state index contributed by atoms with van der Waals surface area (Å²) in [5.74, 6) is -1.37. The third-order valence-corrected chi connectivity index (χ3v) is 8.74. The second-order valence-electron chi connectivity index (χ2n) is 7.52. The third-order valence-electron chi connectivity index (χ3n) is 5.82. The molecule has 3 N–H and O–H groups in total. The van der Waals surface area contributed by atoms with Gasteiger partial charge in [-0.15, -0.1) is 0 Å². The molecular weight excluding hydrogens is 433 g/mol. The number of sulfonamides is 1. The highest BCUT2D eigenvalue weighted by molar-refractivity contribution is 7.91. The fourth-order valence-electron chi connectivity index (χ4n) is 3.88. The molecule has 2 aromatic rings. The number of nitrogens with zero attached hydrogens (tertiary/aromatic N) is 3. The van der Waals surface area contributed by atoms with E-state index in [1.165, 1.54) is 37.5 Å². The summed E-state index contributed by atoms with van der Waals surface area (Å²) in [6, 6.07) is 6.92. The maximum absolute atomic E-state index is 14.9. The van der Waals surface area contributed by atoms with Gasteiger partial charge in [0.15, 0.2) is 0 Å². The van der Waals surface area contributed by atoms with Gasteiger partial charge in [-0.05, 0) is 50.1 Å². The number of amides is 1. The van der Waals surface area contributed by atoms with E-state index in [1.54, 1.807) is 6.92 Å². The summed E-state index contributed by atoms with van der Waals surface area (Å²) in [5, 5.41) is 3.03. The molecule has 2 heterocycles. The Morgan fingerprint density at radius 1 is 1.30 bits per heavy atom. The average Bonchev–Trinajstić information content (AvgIpc) is 3.51. The molecule has 1 atom stereocenters. The van der Waals surface area contributed by atoms with Crippen molar-refractivity contribution >= 4 is 39.2 Å². The van der Waals surface area contributed by atoms with Gasteiger partial charge in [0.05, 0.1) is 5.02 Å². The molecule has 30 heavy (non-hydrogen) atoms. The highest BCUT2D eigenvalue weighted by atomic mass is 35.5. The first kappa shape index (κ1) is 20.5. The van der Waals surface area contributed by atoms with Crippen molar-refractivity contribution < 1.29 is 17.6 Å². The van der Waals surface area contributed by atoms with Crippen LogP contribution < -0.4 is 11.1 Å². The van der Waals surface area contributed by atoms with E-state index in [0.717, 1.165) is 10.4 Å². The smallest absolute Gasteiger partial charge is 0.274 e. The van der Waals surface area contributed by atoms with Crippen LogP contribution in [0, 0.1) is 5.82 Å². The van der Waals surface area contributed by atoms with Crippen LogP contribution >= 0.6 is 11.6 Å². The van der Waals surface area contributed by atoms with Crippen molar-refractivity contribution in [2.75, 3.05) is 12.4 Å². The predicted octanol–water partition coefficient (Wildman–Crippen LogP) is 2.46. The molecule has 11 heteroatoms. The number of halogens is 2. The van der Waals surface area contributed by atoms with Crippen LogP contribution in [0.1, 0.15) is 35.8 Å². The minimum absolute atomic E-state index is 0.0430. The largest absolute Gasteiger partial charge is 0.369 e. The van der Waals surface area contributed by atoms with Gasteiger partial charge < -0.3 is 11.1 Å². The van der Waals surface area contributed by atoms with Gasteiger partial charge in [0.1, 0.15) is 21.8 Å². The molecular formula is C19H19ClFN5O3S. The summed E-state index contributed by atoms with van der Waals surface area (Å²) in [5.41, 5.74) is 4.86. The summed E-state index contributed by atoms with van der Waals surface area (Å²) in [6.45, 7) is 1.56. The molecule has 1 unspecified atom stereocenters. The zero-order valence-electron chi connectivity index (χ0n) is 16.2. The first-order chi connectivity index (χ1) is 14.0. The van der Waals surface area contributed by atoms with Crippen LogP contribution in [0.2, 0.25) is 5.02 Å². The molecule has 2 aliphatic rings. The van der Waals surface area contributed by atoms with E-state index >= 15 is 0 Å². The van der Waals surface area contributed by atoms with E-state index in [9.17, 15) is 17.6 Å². The van der Waals surface area contributed by atoms with Gasteiger partial charge in [-0.3, -0.25) is 4.79 Å². The number of aromatic nitrogens is 1. The molecule has 1 spiro atoms. The summed E-state index contributed by atoms with van der Waals surface area (Å²) >= 11 is 5.78. The first-order valence-corrected chi connectivity index (χ1v) is 10.9. The molecule has 1 aliphatic heterocycles. The fourth-order valence-corrected chi connectivity index (χ4v) is 6.08. The number of hydrogen-bond acceptors (Lipinski definition) is 6. The number of hydrogen-bond donors (Lipinski definition) is 2. The molecule has 158 valence electrons. The summed E-state index contributed by atoms with van der Waals surface area (Å²) in [7, 11) is -2.50. The van der Waals surface area contributed by atoms with Crippen LogP contribution in [-0.2, 0) is 15.6 Å². The zero-order valence-corrected chi connectivity index (χ0v) is 17.8. The third kappa shape index (κ3) is 2.85. The maximum Gasteiger partial charge on any atom is 0.274 e. The van der Waals surface area contributed by atoms with Gasteiger partial charge in [-0.25, -0.2) is 27.1 Å². The number of anilines is 1. The second-order valence-corrected chi connectivity index (χ2v) is 10.2. The minimum atomic E-state index is -3.83. The first-order valence-electron chi connectivity index (χ1n) is 9.09. The predicted molar refractivity (Wildman–Crippen MR) is 111 cm³/mol. The van der Waals surface area contributed by atoms with E-state index < -0.39 is 32.0 Å². The lowest BCUT2D eigenvalue weighted by Crippen LogP contribution is -2.58. The molecule has 1 aliphatic carbocycles. The Balaban J connectivity index is 1.75. The number of carbonyl (C=O) groups is 1. The number of nitrogens with two attached hydrogens (primary N) is 1. The average molecular weight is 452 g/mol. The molecule has 1 aromatic carbocycles. The van der Waals surface area contributed by atoms with Crippen LogP contribution in [0.25, 0.3) is 0 Å². The number of aliphatic imine (C=N–C) groups is 1. The zero-order chi connectivity index (χ0) is 21.9.